The van der Waals surface area contributed by atoms with Gasteiger partial charge in [-0.1, -0.05) is 18.2 Å². The zero-order valence-corrected chi connectivity index (χ0v) is 16.8. The van der Waals surface area contributed by atoms with Crippen LogP contribution in [0.2, 0.25) is 0 Å². The Balaban J connectivity index is 1.33. The lowest BCUT2D eigenvalue weighted by Crippen LogP contribution is -2.17. The molecule has 0 unspecified atom stereocenters. The van der Waals surface area contributed by atoms with Gasteiger partial charge in [0, 0.05) is 37.1 Å². The molecule has 1 aromatic heterocycles. The predicted molar refractivity (Wildman–Crippen MR) is 118 cm³/mol. The molecular formula is C23H27N5O. The zero-order valence-electron chi connectivity index (χ0n) is 16.8. The smallest absolute Gasteiger partial charge is 0.135 e. The van der Waals surface area contributed by atoms with Crippen LogP contribution in [0.15, 0.2) is 60.9 Å². The summed E-state index contributed by atoms with van der Waals surface area (Å²) in [4.78, 5) is 11.1. The van der Waals surface area contributed by atoms with E-state index in [1.165, 1.54) is 24.1 Å². The maximum Gasteiger partial charge on any atom is 0.135 e. The summed E-state index contributed by atoms with van der Waals surface area (Å²) in [7, 11) is 1.70. The fourth-order valence-corrected chi connectivity index (χ4v) is 3.64. The van der Waals surface area contributed by atoms with Gasteiger partial charge in [0.15, 0.2) is 0 Å². The van der Waals surface area contributed by atoms with Gasteiger partial charge in [-0.2, -0.15) is 0 Å². The van der Waals surface area contributed by atoms with Gasteiger partial charge in [0.05, 0.1) is 7.11 Å². The van der Waals surface area contributed by atoms with E-state index < -0.39 is 0 Å². The average molecular weight is 390 g/mol. The van der Waals surface area contributed by atoms with Crippen molar-refractivity contribution in [1.29, 1.82) is 0 Å². The first-order valence-corrected chi connectivity index (χ1v) is 10.1. The fourth-order valence-electron chi connectivity index (χ4n) is 3.64. The van der Waals surface area contributed by atoms with Crippen LogP contribution in [0.1, 0.15) is 18.4 Å². The molecule has 0 amide bonds. The molecule has 1 aliphatic rings. The maximum atomic E-state index is 5.41. The highest BCUT2D eigenvalue weighted by Gasteiger charge is 2.11. The first-order chi connectivity index (χ1) is 14.3. The van der Waals surface area contributed by atoms with E-state index >= 15 is 0 Å². The molecule has 4 rings (SSSR count). The Morgan fingerprint density at radius 1 is 0.966 bits per heavy atom. The Hall–Kier alpha value is -3.28. The highest BCUT2D eigenvalue weighted by molar-refractivity contribution is 5.62. The molecule has 29 heavy (non-hydrogen) atoms. The highest BCUT2D eigenvalue weighted by atomic mass is 16.5. The second kappa shape index (κ2) is 9.28. The molecule has 0 atom stereocenters. The van der Waals surface area contributed by atoms with Crippen molar-refractivity contribution in [3.05, 3.63) is 66.5 Å². The van der Waals surface area contributed by atoms with Crippen molar-refractivity contribution in [2.24, 2.45) is 0 Å². The fraction of sp³-hybridized carbons (Fsp3) is 0.304. The molecule has 1 aliphatic heterocycles. The van der Waals surface area contributed by atoms with E-state index in [9.17, 15) is 0 Å². The second-order valence-electron chi connectivity index (χ2n) is 7.14. The normalized spacial score (nSPS) is 13.3. The summed E-state index contributed by atoms with van der Waals surface area (Å²) in [5.41, 5.74) is 3.48. The molecule has 0 saturated carbocycles. The summed E-state index contributed by atoms with van der Waals surface area (Å²) in [6.07, 6.45) is 5.00. The minimum atomic E-state index is 0.765. The predicted octanol–water partition coefficient (Wildman–Crippen LogP) is 4.48. The van der Waals surface area contributed by atoms with E-state index in [-0.39, 0.29) is 0 Å². The largest absolute Gasteiger partial charge is 0.496 e. The van der Waals surface area contributed by atoms with E-state index in [4.69, 9.17) is 4.74 Å². The quantitative estimate of drug-likeness (QED) is 0.592. The second-order valence-corrected chi connectivity index (χ2v) is 7.14. The van der Waals surface area contributed by atoms with Gasteiger partial charge in [0.2, 0.25) is 0 Å². The van der Waals surface area contributed by atoms with Crippen LogP contribution in [-0.2, 0) is 6.42 Å². The van der Waals surface area contributed by atoms with Crippen LogP contribution < -0.4 is 20.3 Å². The minimum Gasteiger partial charge on any atom is -0.496 e. The topological polar surface area (TPSA) is 62.3 Å². The molecule has 6 nitrogen and oxygen atoms in total. The highest BCUT2D eigenvalue weighted by Crippen LogP contribution is 2.24. The van der Waals surface area contributed by atoms with Crippen LogP contribution in [0.3, 0.4) is 0 Å². The van der Waals surface area contributed by atoms with Crippen molar-refractivity contribution in [3.63, 3.8) is 0 Å². The van der Waals surface area contributed by atoms with Crippen molar-refractivity contribution in [1.82, 2.24) is 9.97 Å². The van der Waals surface area contributed by atoms with Gasteiger partial charge in [0.25, 0.3) is 0 Å². The molecule has 2 N–H and O–H groups in total. The third-order valence-electron chi connectivity index (χ3n) is 5.17. The van der Waals surface area contributed by atoms with Crippen molar-refractivity contribution < 1.29 is 4.74 Å². The Morgan fingerprint density at radius 3 is 2.52 bits per heavy atom. The van der Waals surface area contributed by atoms with Crippen LogP contribution in [0.4, 0.5) is 23.0 Å². The van der Waals surface area contributed by atoms with Crippen LogP contribution in [0.5, 0.6) is 5.75 Å². The lowest BCUT2D eigenvalue weighted by atomic mass is 10.1. The van der Waals surface area contributed by atoms with Crippen LogP contribution in [0.25, 0.3) is 0 Å². The minimum absolute atomic E-state index is 0.765. The van der Waals surface area contributed by atoms with E-state index in [2.05, 4.69) is 55.8 Å². The number of para-hydroxylation sites is 1. The van der Waals surface area contributed by atoms with Crippen LogP contribution in [0, 0.1) is 0 Å². The van der Waals surface area contributed by atoms with Gasteiger partial charge in [-0.15, -0.1) is 0 Å². The number of ether oxygens (including phenoxy) is 1. The summed E-state index contributed by atoms with van der Waals surface area (Å²) >= 11 is 0. The number of nitrogens with zero attached hydrogens (tertiary/aromatic N) is 3. The van der Waals surface area contributed by atoms with Crippen LogP contribution >= 0.6 is 0 Å². The van der Waals surface area contributed by atoms with Crippen LogP contribution in [-0.4, -0.2) is 36.7 Å². The number of hydrogen-bond donors (Lipinski definition) is 2. The number of methoxy groups -OCH3 is 1. The number of rotatable bonds is 8. The van der Waals surface area contributed by atoms with Gasteiger partial charge >= 0.3 is 0 Å². The Labute approximate surface area is 172 Å². The number of hydrogen-bond acceptors (Lipinski definition) is 6. The summed E-state index contributed by atoms with van der Waals surface area (Å²) in [5, 5.41) is 6.72. The van der Waals surface area contributed by atoms with Crippen molar-refractivity contribution in [2.45, 2.75) is 19.3 Å². The zero-order chi connectivity index (χ0) is 19.9. The molecule has 0 bridgehead atoms. The van der Waals surface area contributed by atoms with Crippen molar-refractivity contribution in [3.8, 4) is 5.75 Å². The summed E-state index contributed by atoms with van der Waals surface area (Å²) in [6.45, 7) is 3.08. The molecule has 150 valence electrons. The SMILES string of the molecule is COc1ccccc1CCNc1cc(Nc2ccc(N3CCCC3)cc2)ncn1. The molecular weight excluding hydrogens is 362 g/mol. The van der Waals surface area contributed by atoms with E-state index in [0.29, 0.717) is 0 Å². The molecule has 2 heterocycles. The number of benzene rings is 2. The van der Waals surface area contributed by atoms with Crippen molar-refractivity contribution in [2.75, 3.05) is 42.3 Å². The average Bonchev–Trinajstić information content (AvgIpc) is 3.30. The lowest BCUT2D eigenvalue weighted by Gasteiger charge is -2.18. The van der Waals surface area contributed by atoms with Gasteiger partial charge < -0.3 is 20.3 Å². The molecule has 2 aromatic carbocycles. The molecule has 6 heteroatoms. The maximum absolute atomic E-state index is 5.41. The molecule has 0 radical (unpaired) electrons. The molecule has 0 aliphatic carbocycles. The number of aromatic nitrogens is 2. The van der Waals surface area contributed by atoms with E-state index in [1.54, 1.807) is 13.4 Å². The first kappa shape index (κ1) is 19.1. The molecule has 1 fully saturated rings. The van der Waals surface area contributed by atoms with Gasteiger partial charge in [0.1, 0.15) is 23.7 Å². The summed E-state index contributed by atoms with van der Waals surface area (Å²) < 4.78 is 5.41. The van der Waals surface area contributed by atoms with E-state index in [1.807, 2.05) is 24.3 Å². The summed E-state index contributed by atoms with van der Waals surface area (Å²) in [6, 6.07) is 18.5. The molecule has 1 saturated heterocycles. The Morgan fingerprint density at radius 2 is 1.72 bits per heavy atom. The third-order valence-corrected chi connectivity index (χ3v) is 5.17. The third kappa shape index (κ3) is 4.96. The Kier molecular flexibility index (Phi) is 6.10. The Bertz CT molecular complexity index is 923. The summed E-state index contributed by atoms with van der Waals surface area (Å²) in [5.74, 6) is 2.48. The van der Waals surface area contributed by atoms with Crippen molar-refractivity contribution >= 4 is 23.0 Å². The number of nitrogens with one attached hydrogen (secondary N) is 2. The van der Waals surface area contributed by atoms with Gasteiger partial charge in [-0.25, -0.2) is 9.97 Å². The van der Waals surface area contributed by atoms with Gasteiger partial charge in [-0.05, 0) is 55.2 Å². The first-order valence-electron chi connectivity index (χ1n) is 10.1. The molecule has 0 spiro atoms. The standard InChI is InChI=1S/C23H27N5O/c1-29-21-7-3-2-6-18(21)12-13-24-22-16-23(26-17-25-22)27-19-8-10-20(11-9-19)28-14-4-5-15-28/h2-3,6-11,16-17H,4-5,12-15H2,1H3,(H2,24,25,26,27). The molecule has 3 aromatic rings. The van der Waals surface area contributed by atoms with E-state index in [0.717, 1.165) is 49.1 Å². The monoisotopic (exact) mass is 389 g/mol. The number of anilines is 4. The lowest BCUT2D eigenvalue weighted by molar-refractivity contribution is 0.410. The van der Waals surface area contributed by atoms with Gasteiger partial charge in [-0.3, -0.25) is 0 Å².